The first-order valence-electron chi connectivity index (χ1n) is 4.37. The Morgan fingerprint density at radius 1 is 1.54 bits per heavy atom. The Kier molecular flexibility index (Phi) is 5.25. The zero-order valence-electron chi connectivity index (χ0n) is 8.49. The van der Waals surface area contributed by atoms with Gasteiger partial charge in [-0.05, 0) is 18.3 Å². The lowest BCUT2D eigenvalue weighted by Crippen LogP contribution is -2.17. The SMILES string of the molecule is C=C[C@@H](CC)[C@@H](C)COS(C)(=O)=O. The first-order chi connectivity index (χ1) is 5.90. The van der Waals surface area contributed by atoms with E-state index < -0.39 is 10.1 Å². The third-order valence-electron chi connectivity index (χ3n) is 2.05. The summed E-state index contributed by atoms with van der Waals surface area (Å²) >= 11 is 0. The van der Waals surface area contributed by atoms with E-state index in [0.717, 1.165) is 12.7 Å². The van der Waals surface area contributed by atoms with Crippen molar-refractivity contribution in [2.75, 3.05) is 12.9 Å². The molecule has 78 valence electrons. The molecule has 0 spiro atoms. The van der Waals surface area contributed by atoms with Crippen LogP contribution in [0.25, 0.3) is 0 Å². The fourth-order valence-corrected chi connectivity index (χ4v) is 1.62. The van der Waals surface area contributed by atoms with Crippen LogP contribution in [-0.4, -0.2) is 21.3 Å². The molecule has 4 heteroatoms. The second-order valence-corrected chi connectivity index (χ2v) is 4.92. The standard InChI is InChI=1S/C9H18O3S/c1-5-9(6-2)8(3)7-12-13(4,10)11/h5,8-9H,1,6-7H2,2-4H3/t8-,9-/m0/s1. The molecule has 0 aromatic rings. The summed E-state index contributed by atoms with van der Waals surface area (Å²) in [6.07, 6.45) is 3.86. The van der Waals surface area contributed by atoms with E-state index in [4.69, 9.17) is 4.18 Å². The number of hydrogen-bond donors (Lipinski definition) is 0. The maximum Gasteiger partial charge on any atom is 0.264 e. The van der Waals surface area contributed by atoms with Crippen LogP contribution in [0.1, 0.15) is 20.3 Å². The van der Waals surface area contributed by atoms with Crippen LogP contribution in [0, 0.1) is 11.8 Å². The average Bonchev–Trinajstić information content (AvgIpc) is 2.02. The quantitative estimate of drug-likeness (QED) is 0.492. The summed E-state index contributed by atoms with van der Waals surface area (Å²) in [7, 11) is -3.30. The van der Waals surface area contributed by atoms with E-state index in [1.165, 1.54) is 0 Å². The van der Waals surface area contributed by atoms with Crippen molar-refractivity contribution in [3.05, 3.63) is 12.7 Å². The van der Waals surface area contributed by atoms with Gasteiger partial charge in [0.15, 0.2) is 0 Å². The molecule has 0 saturated heterocycles. The van der Waals surface area contributed by atoms with Crippen molar-refractivity contribution in [1.29, 1.82) is 0 Å². The van der Waals surface area contributed by atoms with Crippen LogP contribution in [-0.2, 0) is 14.3 Å². The molecule has 0 N–H and O–H groups in total. The molecule has 0 saturated carbocycles. The lowest BCUT2D eigenvalue weighted by Gasteiger charge is -2.17. The van der Waals surface area contributed by atoms with Crippen LogP contribution in [0.5, 0.6) is 0 Å². The molecular formula is C9H18O3S. The Labute approximate surface area is 80.9 Å². The van der Waals surface area contributed by atoms with Gasteiger partial charge in [0.1, 0.15) is 0 Å². The highest BCUT2D eigenvalue weighted by molar-refractivity contribution is 7.85. The molecule has 0 fully saturated rings. The molecule has 3 nitrogen and oxygen atoms in total. The monoisotopic (exact) mass is 206 g/mol. The molecule has 0 radical (unpaired) electrons. The second kappa shape index (κ2) is 5.40. The van der Waals surface area contributed by atoms with Gasteiger partial charge in [0.25, 0.3) is 10.1 Å². The zero-order chi connectivity index (χ0) is 10.5. The summed E-state index contributed by atoms with van der Waals surface area (Å²) in [6.45, 7) is 7.94. The van der Waals surface area contributed by atoms with E-state index >= 15 is 0 Å². The van der Waals surface area contributed by atoms with Crippen LogP contribution in [0.2, 0.25) is 0 Å². The Bertz CT molecular complexity index is 244. The summed E-state index contributed by atoms with van der Waals surface area (Å²) in [5, 5.41) is 0. The van der Waals surface area contributed by atoms with Crippen LogP contribution < -0.4 is 0 Å². The molecule has 0 aliphatic heterocycles. The first kappa shape index (κ1) is 12.7. The zero-order valence-corrected chi connectivity index (χ0v) is 9.30. The van der Waals surface area contributed by atoms with Gasteiger partial charge in [-0.1, -0.05) is 19.9 Å². The van der Waals surface area contributed by atoms with E-state index in [-0.39, 0.29) is 12.5 Å². The van der Waals surface area contributed by atoms with Crippen molar-refractivity contribution >= 4 is 10.1 Å². The van der Waals surface area contributed by atoms with E-state index in [0.29, 0.717) is 5.92 Å². The first-order valence-corrected chi connectivity index (χ1v) is 6.19. The Balaban J connectivity index is 4.00. The topological polar surface area (TPSA) is 43.4 Å². The molecule has 0 amide bonds. The lowest BCUT2D eigenvalue weighted by atomic mass is 9.93. The van der Waals surface area contributed by atoms with Crippen molar-refractivity contribution in [2.24, 2.45) is 11.8 Å². The van der Waals surface area contributed by atoms with Gasteiger partial charge in [-0.3, -0.25) is 4.18 Å². The van der Waals surface area contributed by atoms with Crippen molar-refractivity contribution in [3.63, 3.8) is 0 Å². The second-order valence-electron chi connectivity index (χ2n) is 3.27. The lowest BCUT2D eigenvalue weighted by molar-refractivity contribution is 0.232. The number of hydrogen-bond acceptors (Lipinski definition) is 3. The fourth-order valence-electron chi connectivity index (χ4n) is 1.16. The van der Waals surface area contributed by atoms with Crippen LogP contribution >= 0.6 is 0 Å². The molecular weight excluding hydrogens is 188 g/mol. The van der Waals surface area contributed by atoms with E-state index in [2.05, 4.69) is 6.58 Å². The summed E-state index contributed by atoms with van der Waals surface area (Å²) in [5.74, 6) is 0.513. The maximum absolute atomic E-state index is 10.7. The fraction of sp³-hybridized carbons (Fsp3) is 0.778. The van der Waals surface area contributed by atoms with Gasteiger partial charge in [0.2, 0.25) is 0 Å². The van der Waals surface area contributed by atoms with Crippen molar-refractivity contribution in [3.8, 4) is 0 Å². The molecule has 0 aliphatic rings. The van der Waals surface area contributed by atoms with Crippen LogP contribution in [0.4, 0.5) is 0 Å². The highest BCUT2D eigenvalue weighted by Crippen LogP contribution is 2.17. The molecule has 13 heavy (non-hydrogen) atoms. The highest BCUT2D eigenvalue weighted by atomic mass is 32.2. The van der Waals surface area contributed by atoms with Crippen LogP contribution in [0.3, 0.4) is 0 Å². The summed E-state index contributed by atoms with van der Waals surface area (Å²) in [6, 6.07) is 0. The van der Waals surface area contributed by atoms with E-state index in [1.54, 1.807) is 0 Å². The average molecular weight is 206 g/mol. The van der Waals surface area contributed by atoms with E-state index in [9.17, 15) is 8.42 Å². The molecule has 0 aromatic heterocycles. The predicted molar refractivity (Wildman–Crippen MR) is 53.9 cm³/mol. The Morgan fingerprint density at radius 2 is 2.08 bits per heavy atom. The van der Waals surface area contributed by atoms with Crippen molar-refractivity contribution < 1.29 is 12.6 Å². The summed E-state index contributed by atoms with van der Waals surface area (Å²) < 4.78 is 26.1. The summed E-state index contributed by atoms with van der Waals surface area (Å²) in [4.78, 5) is 0. The summed E-state index contributed by atoms with van der Waals surface area (Å²) in [5.41, 5.74) is 0. The minimum absolute atomic E-state index is 0.192. The van der Waals surface area contributed by atoms with Gasteiger partial charge >= 0.3 is 0 Å². The van der Waals surface area contributed by atoms with Gasteiger partial charge in [-0.25, -0.2) is 0 Å². The molecule has 0 unspecified atom stereocenters. The maximum atomic E-state index is 10.7. The van der Waals surface area contributed by atoms with Crippen molar-refractivity contribution in [1.82, 2.24) is 0 Å². The van der Waals surface area contributed by atoms with Gasteiger partial charge in [-0.2, -0.15) is 8.42 Å². The minimum Gasteiger partial charge on any atom is -0.270 e. The normalized spacial score (nSPS) is 16.5. The third-order valence-corrected chi connectivity index (χ3v) is 2.61. The molecule has 0 aromatic carbocycles. The Morgan fingerprint density at radius 3 is 2.38 bits per heavy atom. The molecule has 0 aliphatic carbocycles. The third kappa shape index (κ3) is 5.82. The minimum atomic E-state index is -3.30. The largest absolute Gasteiger partial charge is 0.270 e. The van der Waals surface area contributed by atoms with Gasteiger partial charge in [0, 0.05) is 0 Å². The molecule has 0 rings (SSSR count). The number of rotatable bonds is 6. The van der Waals surface area contributed by atoms with Crippen molar-refractivity contribution in [2.45, 2.75) is 20.3 Å². The van der Waals surface area contributed by atoms with Gasteiger partial charge in [0.05, 0.1) is 12.9 Å². The van der Waals surface area contributed by atoms with Gasteiger partial charge in [-0.15, -0.1) is 6.58 Å². The molecule has 0 bridgehead atoms. The highest BCUT2D eigenvalue weighted by Gasteiger charge is 2.14. The predicted octanol–water partition coefficient (Wildman–Crippen LogP) is 1.81. The smallest absolute Gasteiger partial charge is 0.264 e. The Hall–Kier alpha value is -0.350. The van der Waals surface area contributed by atoms with Crippen LogP contribution in [0.15, 0.2) is 12.7 Å². The van der Waals surface area contributed by atoms with Gasteiger partial charge < -0.3 is 0 Å². The molecule has 2 atom stereocenters. The van der Waals surface area contributed by atoms with E-state index in [1.807, 2.05) is 19.9 Å². The number of allylic oxidation sites excluding steroid dienone is 1. The molecule has 0 heterocycles.